The average molecular weight is 564 g/mol. The number of H-pyrrole nitrogens is 1. The highest BCUT2D eigenvalue weighted by Crippen LogP contribution is 2.12. The smallest absolute Gasteiger partial charge is 0.326 e. The number of carboxylic acid groups (broad SMARTS) is 1. The van der Waals surface area contributed by atoms with E-state index < -0.39 is 60.2 Å². The standard InChI is InChI=1S/C24H33N7O7S/c1-39-7-6-16(25)21(34)29-17(8-13-2-4-15(32)5-3-13)22(35)30-18(9-14-11-27-12-28-14)23(36)31-19(24(37)38)10-20(26)33/h2-5,11-12,16-19,32H,6-10,25H2,1H3,(H2,26,33)(H,27,28)(H,29,34)(H,30,35)(H,31,36)(H,37,38). The highest BCUT2D eigenvalue weighted by Gasteiger charge is 2.31. The van der Waals surface area contributed by atoms with Gasteiger partial charge in [-0.2, -0.15) is 11.8 Å². The van der Waals surface area contributed by atoms with Crippen LogP contribution in [0.25, 0.3) is 0 Å². The number of phenols is 1. The zero-order chi connectivity index (χ0) is 28.9. The fraction of sp³-hybridized carbons (Fsp3) is 0.417. The minimum atomic E-state index is -1.61. The van der Waals surface area contributed by atoms with E-state index in [0.717, 1.165) is 0 Å². The number of carbonyl (C=O) groups excluding carboxylic acids is 4. The summed E-state index contributed by atoms with van der Waals surface area (Å²) < 4.78 is 0. The van der Waals surface area contributed by atoms with Crippen LogP contribution in [0.2, 0.25) is 0 Å². The minimum Gasteiger partial charge on any atom is -0.508 e. The summed E-state index contributed by atoms with van der Waals surface area (Å²) in [6.07, 6.45) is 4.28. The molecule has 15 heteroatoms. The van der Waals surface area contributed by atoms with Crippen molar-refractivity contribution in [3.05, 3.63) is 48.0 Å². The Hall–Kier alpha value is -4.11. The second kappa shape index (κ2) is 15.3. The van der Waals surface area contributed by atoms with Crippen molar-refractivity contribution in [2.45, 2.75) is 49.9 Å². The van der Waals surface area contributed by atoms with E-state index in [-0.39, 0.29) is 18.6 Å². The maximum absolute atomic E-state index is 13.4. The van der Waals surface area contributed by atoms with Crippen LogP contribution in [0.4, 0.5) is 0 Å². The van der Waals surface area contributed by atoms with E-state index in [1.165, 1.54) is 36.4 Å². The van der Waals surface area contributed by atoms with Crippen molar-refractivity contribution >= 4 is 41.4 Å². The number of aliphatic carboxylic acids is 1. The highest BCUT2D eigenvalue weighted by atomic mass is 32.2. The maximum Gasteiger partial charge on any atom is 0.326 e. The van der Waals surface area contributed by atoms with Gasteiger partial charge in [-0.1, -0.05) is 12.1 Å². The zero-order valence-electron chi connectivity index (χ0n) is 21.3. The molecule has 39 heavy (non-hydrogen) atoms. The average Bonchev–Trinajstić information content (AvgIpc) is 3.40. The Morgan fingerprint density at radius 1 is 0.974 bits per heavy atom. The fourth-order valence-electron chi connectivity index (χ4n) is 3.50. The van der Waals surface area contributed by atoms with Gasteiger partial charge < -0.3 is 42.6 Å². The Kier molecular flexibility index (Phi) is 12.2. The number of nitrogens with one attached hydrogen (secondary N) is 4. The Morgan fingerprint density at radius 2 is 1.56 bits per heavy atom. The van der Waals surface area contributed by atoms with Gasteiger partial charge in [-0.15, -0.1) is 0 Å². The number of imidazole rings is 1. The number of phenolic OH excluding ortho intramolecular Hbond substituents is 1. The van der Waals surface area contributed by atoms with Crippen LogP contribution in [-0.2, 0) is 36.8 Å². The third-order valence-electron chi connectivity index (χ3n) is 5.61. The fourth-order valence-corrected chi connectivity index (χ4v) is 3.99. The van der Waals surface area contributed by atoms with Crippen molar-refractivity contribution < 1.29 is 34.2 Å². The number of benzene rings is 1. The van der Waals surface area contributed by atoms with Gasteiger partial charge in [0.2, 0.25) is 23.6 Å². The largest absolute Gasteiger partial charge is 0.508 e. The number of carboxylic acids is 1. The number of carbonyl (C=O) groups is 5. The number of thioether (sulfide) groups is 1. The monoisotopic (exact) mass is 563 g/mol. The summed E-state index contributed by atoms with van der Waals surface area (Å²) in [5.74, 6) is -3.97. The van der Waals surface area contributed by atoms with Crippen LogP contribution < -0.4 is 27.4 Å². The molecule has 1 aromatic heterocycles. The number of nitrogens with two attached hydrogens (primary N) is 2. The molecule has 14 nitrogen and oxygen atoms in total. The van der Waals surface area contributed by atoms with E-state index in [1.54, 1.807) is 12.1 Å². The SMILES string of the molecule is CSCCC(N)C(=O)NC(Cc1ccc(O)cc1)C(=O)NC(Cc1cnc[nH]1)C(=O)NC(CC(N)=O)C(=O)O. The molecule has 0 radical (unpaired) electrons. The topological polar surface area (TPSA) is 243 Å². The quantitative estimate of drug-likeness (QED) is 0.116. The molecule has 4 unspecified atom stereocenters. The summed E-state index contributed by atoms with van der Waals surface area (Å²) in [4.78, 5) is 68.7. The first-order chi connectivity index (χ1) is 18.5. The van der Waals surface area contributed by atoms with Gasteiger partial charge in [-0.05, 0) is 36.1 Å². The lowest BCUT2D eigenvalue weighted by atomic mass is 10.0. The summed E-state index contributed by atoms with van der Waals surface area (Å²) in [6.45, 7) is 0. The second-order valence-corrected chi connectivity index (χ2v) is 9.72. The predicted octanol–water partition coefficient (Wildman–Crippen LogP) is -1.60. The molecule has 4 atom stereocenters. The van der Waals surface area contributed by atoms with Crippen molar-refractivity contribution in [1.82, 2.24) is 25.9 Å². The molecule has 4 amide bonds. The number of aromatic hydroxyl groups is 1. The van der Waals surface area contributed by atoms with E-state index in [0.29, 0.717) is 23.4 Å². The first kappa shape index (κ1) is 31.1. The summed E-state index contributed by atoms with van der Waals surface area (Å²) in [5.41, 5.74) is 12.1. The van der Waals surface area contributed by atoms with E-state index in [9.17, 15) is 34.2 Å². The van der Waals surface area contributed by atoms with Crippen LogP contribution in [0.15, 0.2) is 36.8 Å². The number of nitrogens with zero attached hydrogens (tertiary/aromatic N) is 1. The molecular formula is C24H33N7O7S. The molecule has 1 heterocycles. The summed E-state index contributed by atoms with van der Waals surface area (Å²) in [6, 6.07) is 1.04. The predicted molar refractivity (Wildman–Crippen MR) is 142 cm³/mol. The number of aromatic nitrogens is 2. The van der Waals surface area contributed by atoms with Gasteiger partial charge in [0.15, 0.2) is 0 Å². The zero-order valence-corrected chi connectivity index (χ0v) is 22.1. The first-order valence-electron chi connectivity index (χ1n) is 11.9. The lowest BCUT2D eigenvalue weighted by Gasteiger charge is -2.25. The summed E-state index contributed by atoms with van der Waals surface area (Å²) in [7, 11) is 0. The van der Waals surface area contributed by atoms with Gasteiger partial charge in [0.05, 0.1) is 18.8 Å². The summed E-state index contributed by atoms with van der Waals surface area (Å²) >= 11 is 1.51. The van der Waals surface area contributed by atoms with E-state index in [4.69, 9.17) is 11.5 Å². The molecule has 0 aliphatic heterocycles. The van der Waals surface area contributed by atoms with Crippen molar-refractivity contribution in [2.75, 3.05) is 12.0 Å². The summed E-state index contributed by atoms with van der Waals surface area (Å²) in [5, 5.41) is 26.3. The molecule has 0 aliphatic rings. The number of primary amides is 1. The van der Waals surface area contributed by atoms with Crippen LogP contribution in [0, 0.1) is 0 Å². The Bertz CT molecular complexity index is 1130. The molecule has 0 bridgehead atoms. The number of aromatic amines is 1. The van der Waals surface area contributed by atoms with Crippen molar-refractivity contribution in [3.63, 3.8) is 0 Å². The van der Waals surface area contributed by atoms with E-state index >= 15 is 0 Å². The molecule has 10 N–H and O–H groups in total. The number of hydrogen-bond acceptors (Lipinski definition) is 9. The van der Waals surface area contributed by atoms with Crippen molar-refractivity contribution in [1.29, 1.82) is 0 Å². The molecular weight excluding hydrogens is 530 g/mol. The third kappa shape index (κ3) is 10.6. The van der Waals surface area contributed by atoms with Gasteiger partial charge in [-0.3, -0.25) is 19.2 Å². The molecule has 0 fully saturated rings. The van der Waals surface area contributed by atoms with E-state index in [2.05, 4.69) is 25.9 Å². The molecule has 0 spiro atoms. The highest BCUT2D eigenvalue weighted by molar-refractivity contribution is 7.98. The van der Waals surface area contributed by atoms with Crippen LogP contribution >= 0.6 is 11.8 Å². The second-order valence-electron chi connectivity index (χ2n) is 8.73. The Labute approximate surface area is 228 Å². The van der Waals surface area contributed by atoms with Crippen LogP contribution in [0.3, 0.4) is 0 Å². The van der Waals surface area contributed by atoms with Crippen LogP contribution in [0.5, 0.6) is 5.75 Å². The maximum atomic E-state index is 13.4. The molecule has 212 valence electrons. The van der Waals surface area contributed by atoms with Crippen molar-refractivity contribution in [3.8, 4) is 5.75 Å². The van der Waals surface area contributed by atoms with Gasteiger partial charge in [0.1, 0.15) is 23.9 Å². The lowest BCUT2D eigenvalue weighted by Crippen LogP contribution is -2.58. The molecule has 0 saturated heterocycles. The third-order valence-corrected chi connectivity index (χ3v) is 6.25. The Morgan fingerprint density at radius 3 is 2.10 bits per heavy atom. The number of rotatable bonds is 16. The normalized spacial score (nSPS) is 13.9. The number of hydrogen-bond donors (Lipinski definition) is 8. The van der Waals surface area contributed by atoms with Crippen molar-refractivity contribution in [2.24, 2.45) is 11.5 Å². The molecule has 0 aliphatic carbocycles. The Balaban J connectivity index is 2.28. The lowest BCUT2D eigenvalue weighted by molar-refractivity contribution is -0.143. The molecule has 2 aromatic rings. The number of amides is 4. The molecule has 2 rings (SSSR count). The molecule has 0 saturated carbocycles. The first-order valence-corrected chi connectivity index (χ1v) is 13.3. The van der Waals surface area contributed by atoms with Crippen LogP contribution in [-0.4, -0.2) is 86.0 Å². The van der Waals surface area contributed by atoms with E-state index in [1.807, 2.05) is 6.26 Å². The van der Waals surface area contributed by atoms with Gasteiger partial charge in [-0.25, -0.2) is 9.78 Å². The molecule has 1 aromatic carbocycles. The van der Waals surface area contributed by atoms with Crippen LogP contribution in [0.1, 0.15) is 24.1 Å². The van der Waals surface area contributed by atoms with Gasteiger partial charge >= 0.3 is 5.97 Å². The van der Waals surface area contributed by atoms with Gasteiger partial charge in [0, 0.05) is 24.7 Å². The van der Waals surface area contributed by atoms with Gasteiger partial charge in [0.25, 0.3) is 0 Å². The minimum absolute atomic E-state index is 0.00488.